The van der Waals surface area contributed by atoms with Crippen LogP contribution in [0.3, 0.4) is 0 Å². The van der Waals surface area contributed by atoms with E-state index in [1.807, 2.05) is 7.05 Å². The van der Waals surface area contributed by atoms with Crippen LogP contribution in [-0.4, -0.2) is 34.5 Å². The van der Waals surface area contributed by atoms with Crippen molar-refractivity contribution in [2.45, 2.75) is 19.9 Å². The highest BCUT2D eigenvalue weighted by molar-refractivity contribution is 7.15. The number of hydrogen-bond acceptors (Lipinski definition) is 6. The van der Waals surface area contributed by atoms with Gasteiger partial charge < -0.3 is 9.42 Å². The van der Waals surface area contributed by atoms with Gasteiger partial charge in [0.2, 0.25) is 0 Å². The number of hydrogen-bond donors (Lipinski definition) is 1. The highest BCUT2D eigenvalue weighted by Crippen LogP contribution is 2.34. The van der Waals surface area contributed by atoms with Crippen LogP contribution in [-0.2, 0) is 13.0 Å². The molecule has 27 heavy (non-hydrogen) atoms. The molecule has 3 heterocycles. The molecule has 0 aliphatic carbocycles. The van der Waals surface area contributed by atoms with Crippen molar-refractivity contribution in [2.24, 2.45) is 0 Å². The fourth-order valence-electron chi connectivity index (χ4n) is 3.07. The topological polar surface area (TPSA) is 71.3 Å². The third-order valence-corrected chi connectivity index (χ3v) is 5.74. The fourth-order valence-corrected chi connectivity index (χ4v) is 4.41. The molecule has 140 valence electrons. The number of nitrogens with zero attached hydrogens (tertiary/aromatic N) is 3. The fraction of sp³-hybridized carbons (Fsp3) is 0.278. The zero-order valence-electron chi connectivity index (χ0n) is 14.7. The van der Waals surface area contributed by atoms with Gasteiger partial charge in [0.25, 0.3) is 5.91 Å². The highest BCUT2D eigenvalue weighted by atomic mass is 35.5. The molecule has 6 nitrogen and oxygen atoms in total. The van der Waals surface area contributed by atoms with E-state index in [0.717, 1.165) is 30.1 Å². The van der Waals surface area contributed by atoms with Crippen molar-refractivity contribution in [3.05, 3.63) is 50.9 Å². The summed E-state index contributed by atoms with van der Waals surface area (Å²) < 4.78 is 19.4. The van der Waals surface area contributed by atoms with Gasteiger partial charge in [0.15, 0.2) is 5.13 Å². The second-order valence-electron chi connectivity index (χ2n) is 6.39. The van der Waals surface area contributed by atoms with Crippen LogP contribution in [0.5, 0.6) is 0 Å². The van der Waals surface area contributed by atoms with Gasteiger partial charge in [0.05, 0.1) is 16.3 Å². The average Bonchev–Trinajstić information content (AvgIpc) is 3.17. The van der Waals surface area contributed by atoms with E-state index in [0.29, 0.717) is 5.13 Å². The Morgan fingerprint density at radius 3 is 3.04 bits per heavy atom. The van der Waals surface area contributed by atoms with Gasteiger partial charge in [-0.1, -0.05) is 22.8 Å². The average molecular weight is 407 g/mol. The van der Waals surface area contributed by atoms with Crippen LogP contribution < -0.4 is 5.32 Å². The maximum Gasteiger partial charge on any atom is 0.263 e. The number of benzene rings is 1. The normalized spacial score (nSPS) is 14.2. The van der Waals surface area contributed by atoms with Gasteiger partial charge in [-0.15, -0.1) is 11.3 Å². The zero-order chi connectivity index (χ0) is 19.1. The van der Waals surface area contributed by atoms with Gasteiger partial charge in [-0.05, 0) is 26.1 Å². The summed E-state index contributed by atoms with van der Waals surface area (Å²) in [4.78, 5) is 20.7. The van der Waals surface area contributed by atoms with E-state index in [1.54, 1.807) is 6.92 Å². The number of nitrogens with one attached hydrogen (secondary N) is 1. The molecule has 1 aliphatic rings. The lowest BCUT2D eigenvalue weighted by atomic mass is 10.1. The number of halogens is 2. The van der Waals surface area contributed by atoms with Crippen molar-refractivity contribution in [1.82, 2.24) is 15.0 Å². The van der Waals surface area contributed by atoms with Crippen LogP contribution in [0, 0.1) is 12.7 Å². The number of carbonyl (C=O) groups excluding carboxylic acids is 1. The van der Waals surface area contributed by atoms with E-state index in [1.165, 1.54) is 29.5 Å². The molecule has 1 aromatic carbocycles. The Labute approximate surface area is 163 Å². The Kier molecular flexibility index (Phi) is 4.71. The second-order valence-corrected chi connectivity index (χ2v) is 7.88. The van der Waals surface area contributed by atoms with Crippen LogP contribution in [0.1, 0.15) is 26.7 Å². The van der Waals surface area contributed by atoms with Crippen LogP contribution in [0.2, 0.25) is 5.02 Å². The molecule has 2 aromatic heterocycles. The standard InChI is InChI=1S/C18H16ClFN4O2S/c1-9-14(16(23-26-9)15-10(19)4-3-5-11(15)20)17(25)22-18-21-12-6-7-24(2)8-13(12)27-18/h3-5H,6-8H2,1-2H3,(H,21,22,25). The molecule has 0 saturated heterocycles. The van der Waals surface area contributed by atoms with E-state index in [4.69, 9.17) is 16.1 Å². The third-order valence-electron chi connectivity index (χ3n) is 4.43. The molecule has 0 fully saturated rings. The molecule has 9 heteroatoms. The van der Waals surface area contributed by atoms with Gasteiger partial charge in [0, 0.05) is 24.4 Å². The molecule has 0 atom stereocenters. The number of fused-ring (bicyclic) bond motifs is 1. The molecule has 0 unspecified atom stereocenters. The maximum absolute atomic E-state index is 14.3. The van der Waals surface area contributed by atoms with Gasteiger partial charge >= 0.3 is 0 Å². The Morgan fingerprint density at radius 1 is 1.44 bits per heavy atom. The predicted octanol–water partition coefficient (Wildman–Crippen LogP) is 4.14. The molecule has 0 bridgehead atoms. The van der Waals surface area contributed by atoms with E-state index < -0.39 is 11.7 Å². The Balaban J connectivity index is 1.67. The number of aromatic nitrogens is 2. The molecule has 1 amide bonds. The Hall–Kier alpha value is -2.29. The number of rotatable bonds is 3. The molecule has 3 aromatic rings. The molecule has 0 radical (unpaired) electrons. The Bertz CT molecular complexity index is 1010. The number of thiazole rings is 1. The number of amides is 1. The summed E-state index contributed by atoms with van der Waals surface area (Å²) in [5.41, 5.74) is 1.27. The molecular weight excluding hydrogens is 391 g/mol. The lowest BCUT2D eigenvalue weighted by Crippen LogP contribution is -2.25. The van der Waals surface area contributed by atoms with Crippen molar-refractivity contribution in [1.29, 1.82) is 0 Å². The largest absolute Gasteiger partial charge is 0.360 e. The van der Waals surface area contributed by atoms with Gasteiger partial charge in [-0.25, -0.2) is 9.37 Å². The molecule has 4 rings (SSSR count). The summed E-state index contributed by atoms with van der Waals surface area (Å²) in [6, 6.07) is 4.29. The van der Waals surface area contributed by atoms with Crippen LogP contribution >= 0.6 is 22.9 Å². The number of likely N-dealkylation sites (N-methyl/N-ethyl adjacent to an activating group) is 1. The summed E-state index contributed by atoms with van der Waals surface area (Å²) in [6.07, 6.45) is 0.848. The van der Waals surface area contributed by atoms with Crippen molar-refractivity contribution < 1.29 is 13.7 Å². The number of anilines is 1. The monoisotopic (exact) mass is 406 g/mol. The van der Waals surface area contributed by atoms with Crippen LogP contribution in [0.4, 0.5) is 9.52 Å². The lowest BCUT2D eigenvalue weighted by molar-refractivity contribution is 0.102. The smallest absolute Gasteiger partial charge is 0.263 e. The summed E-state index contributed by atoms with van der Waals surface area (Å²) in [6.45, 7) is 3.35. The van der Waals surface area contributed by atoms with Gasteiger partial charge in [-0.2, -0.15) is 0 Å². The summed E-state index contributed by atoms with van der Waals surface area (Å²) in [5, 5.41) is 7.32. The first-order valence-electron chi connectivity index (χ1n) is 8.33. The summed E-state index contributed by atoms with van der Waals surface area (Å²) >= 11 is 7.57. The van der Waals surface area contributed by atoms with Gasteiger partial charge in [0.1, 0.15) is 22.8 Å². The van der Waals surface area contributed by atoms with E-state index in [-0.39, 0.29) is 27.6 Å². The summed E-state index contributed by atoms with van der Waals surface area (Å²) in [5.74, 6) is -0.747. The number of carbonyl (C=O) groups is 1. The molecule has 1 aliphatic heterocycles. The van der Waals surface area contributed by atoms with E-state index in [9.17, 15) is 9.18 Å². The van der Waals surface area contributed by atoms with Crippen molar-refractivity contribution in [2.75, 3.05) is 18.9 Å². The molecular formula is C18H16ClFN4O2S. The first kappa shape index (κ1) is 18.1. The molecule has 1 N–H and O–H groups in total. The quantitative estimate of drug-likeness (QED) is 0.707. The first-order valence-corrected chi connectivity index (χ1v) is 9.52. The van der Waals surface area contributed by atoms with Crippen LogP contribution in [0.25, 0.3) is 11.3 Å². The van der Waals surface area contributed by atoms with Gasteiger partial charge in [-0.3, -0.25) is 10.1 Å². The van der Waals surface area contributed by atoms with Crippen LogP contribution in [0.15, 0.2) is 22.7 Å². The zero-order valence-corrected chi connectivity index (χ0v) is 16.2. The van der Waals surface area contributed by atoms with Crippen molar-refractivity contribution in [3.63, 3.8) is 0 Å². The minimum atomic E-state index is -0.572. The first-order chi connectivity index (χ1) is 12.9. The predicted molar refractivity (Wildman–Crippen MR) is 102 cm³/mol. The van der Waals surface area contributed by atoms with E-state index >= 15 is 0 Å². The van der Waals surface area contributed by atoms with E-state index in [2.05, 4.69) is 20.4 Å². The highest BCUT2D eigenvalue weighted by Gasteiger charge is 2.27. The number of aryl methyl sites for hydroxylation is 1. The third kappa shape index (κ3) is 3.36. The SMILES string of the molecule is Cc1onc(-c2c(F)cccc2Cl)c1C(=O)Nc1nc2c(s1)CN(C)CC2. The summed E-state index contributed by atoms with van der Waals surface area (Å²) in [7, 11) is 2.05. The Morgan fingerprint density at radius 2 is 2.26 bits per heavy atom. The second kappa shape index (κ2) is 7.03. The molecule has 0 saturated carbocycles. The minimum Gasteiger partial charge on any atom is -0.360 e. The minimum absolute atomic E-state index is 0.0428. The van der Waals surface area contributed by atoms with Crippen molar-refractivity contribution in [3.8, 4) is 11.3 Å². The van der Waals surface area contributed by atoms with Crippen molar-refractivity contribution >= 4 is 34.0 Å². The maximum atomic E-state index is 14.3. The molecule has 0 spiro atoms. The lowest BCUT2D eigenvalue weighted by Gasteiger charge is -2.20.